The average Bonchev–Trinajstić information content (AvgIpc) is 2.25. The van der Waals surface area contributed by atoms with Crippen molar-refractivity contribution in [1.29, 1.82) is 0 Å². The molecule has 0 saturated carbocycles. The van der Waals surface area contributed by atoms with E-state index >= 15 is 0 Å². The van der Waals surface area contributed by atoms with Crippen LogP contribution in [0.15, 0.2) is 0 Å². The van der Waals surface area contributed by atoms with Gasteiger partial charge in [0.15, 0.2) is 5.05 Å². The molecular formula is C14H29NaOS. The van der Waals surface area contributed by atoms with Crippen molar-refractivity contribution >= 4 is 46.8 Å². The SMILES string of the molecule is CCCCCCCCCCCCCC(O)=S.[NaH]. The van der Waals surface area contributed by atoms with Crippen LogP contribution in [-0.2, 0) is 0 Å². The van der Waals surface area contributed by atoms with E-state index in [0.29, 0.717) is 6.42 Å². The zero-order chi connectivity index (χ0) is 12.1. The van der Waals surface area contributed by atoms with Crippen LogP contribution in [0.3, 0.4) is 0 Å². The van der Waals surface area contributed by atoms with Gasteiger partial charge in [-0.25, -0.2) is 0 Å². The number of rotatable bonds is 12. The summed E-state index contributed by atoms with van der Waals surface area (Å²) in [5.41, 5.74) is 0. The molecule has 0 aromatic rings. The molecule has 1 nitrogen and oxygen atoms in total. The number of aliphatic hydroxyl groups is 1. The Labute approximate surface area is 135 Å². The summed E-state index contributed by atoms with van der Waals surface area (Å²) in [4.78, 5) is 0. The molecule has 0 aliphatic carbocycles. The normalized spacial score (nSPS) is 9.94. The van der Waals surface area contributed by atoms with Crippen LogP contribution in [-0.4, -0.2) is 39.7 Å². The topological polar surface area (TPSA) is 20.2 Å². The van der Waals surface area contributed by atoms with Crippen LogP contribution in [0, 0.1) is 0 Å². The molecule has 0 aliphatic rings. The van der Waals surface area contributed by atoms with Crippen LogP contribution < -0.4 is 0 Å². The Kier molecular flexibility index (Phi) is 20.1. The Hall–Kier alpha value is 0.890. The summed E-state index contributed by atoms with van der Waals surface area (Å²) >= 11 is 4.62. The first-order valence-electron chi connectivity index (χ1n) is 6.99. The first-order valence-corrected chi connectivity index (χ1v) is 7.40. The summed E-state index contributed by atoms with van der Waals surface area (Å²) in [5.74, 6) is 0. The molecule has 98 valence electrons. The molecule has 0 saturated heterocycles. The Morgan fingerprint density at radius 1 is 0.765 bits per heavy atom. The van der Waals surface area contributed by atoms with E-state index in [1.807, 2.05) is 0 Å². The predicted octanol–water partition coefficient (Wildman–Crippen LogP) is 4.92. The summed E-state index contributed by atoms with van der Waals surface area (Å²) in [6.45, 7) is 2.26. The molecule has 0 radical (unpaired) electrons. The van der Waals surface area contributed by atoms with Gasteiger partial charge in [0.2, 0.25) is 0 Å². The van der Waals surface area contributed by atoms with E-state index in [-0.39, 0.29) is 34.6 Å². The van der Waals surface area contributed by atoms with Gasteiger partial charge in [0.25, 0.3) is 0 Å². The number of aliphatic hydroxyl groups excluding tert-OH is 1. The molecule has 0 aromatic heterocycles. The second-order valence-corrected chi connectivity index (χ2v) is 5.15. The summed E-state index contributed by atoms with van der Waals surface area (Å²) < 4.78 is 0. The molecule has 0 aromatic carbocycles. The predicted molar refractivity (Wildman–Crippen MR) is 83.5 cm³/mol. The van der Waals surface area contributed by atoms with Gasteiger partial charge in [0, 0.05) is 6.42 Å². The first kappa shape index (κ1) is 20.2. The third-order valence-electron chi connectivity index (χ3n) is 2.99. The Balaban J connectivity index is 0. The van der Waals surface area contributed by atoms with Crippen molar-refractivity contribution in [2.45, 2.75) is 84.0 Å². The van der Waals surface area contributed by atoms with Crippen molar-refractivity contribution in [3.63, 3.8) is 0 Å². The van der Waals surface area contributed by atoms with E-state index in [9.17, 15) is 0 Å². The van der Waals surface area contributed by atoms with Crippen LogP contribution in [0.2, 0.25) is 0 Å². The van der Waals surface area contributed by atoms with Gasteiger partial charge in [-0.05, 0) is 18.6 Å². The molecule has 0 amide bonds. The standard InChI is InChI=1S/C14H28OS.Na.H/c1-2-3-4-5-6-7-8-9-10-11-12-13-14(15)16;;/h2-13H2,1H3,(H,15,16);;. The molecule has 0 rings (SSSR count). The zero-order valence-electron chi connectivity index (χ0n) is 10.8. The molecule has 0 bridgehead atoms. The minimum atomic E-state index is 0. The molecule has 0 unspecified atom stereocenters. The van der Waals surface area contributed by atoms with Crippen molar-refractivity contribution in [1.82, 2.24) is 0 Å². The van der Waals surface area contributed by atoms with E-state index in [4.69, 9.17) is 5.11 Å². The van der Waals surface area contributed by atoms with Gasteiger partial charge in [-0.15, -0.1) is 0 Å². The van der Waals surface area contributed by atoms with Crippen molar-refractivity contribution in [3.05, 3.63) is 0 Å². The fraction of sp³-hybridized carbons (Fsp3) is 0.929. The van der Waals surface area contributed by atoms with Gasteiger partial charge < -0.3 is 5.11 Å². The maximum atomic E-state index is 8.83. The summed E-state index contributed by atoms with van der Waals surface area (Å²) in [7, 11) is 0. The van der Waals surface area contributed by atoms with Crippen molar-refractivity contribution in [3.8, 4) is 0 Å². The fourth-order valence-corrected chi connectivity index (χ4v) is 2.08. The average molecular weight is 268 g/mol. The van der Waals surface area contributed by atoms with Crippen LogP contribution in [0.25, 0.3) is 0 Å². The van der Waals surface area contributed by atoms with Crippen molar-refractivity contribution in [2.24, 2.45) is 0 Å². The number of hydrogen-bond acceptors (Lipinski definition) is 1. The molecule has 3 heteroatoms. The van der Waals surface area contributed by atoms with Crippen LogP contribution in [0.4, 0.5) is 0 Å². The molecule has 17 heavy (non-hydrogen) atoms. The molecule has 0 atom stereocenters. The molecule has 0 fully saturated rings. The number of thiocarbonyl (C=S) groups is 1. The van der Waals surface area contributed by atoms with Gasteiger partial charge in [0.05, 0.1) is 0 Å². The van der Waals surface area contributed by atoms with Gasteiger partial charge in [-0.2, -0.15) is 0 Å². The monoisotopic (exact) mass is 268 g/mol. The number of unbranched alkanes of at least 4 members (excludes halogenated alkanes) is 10. The third-order valence-corrected chi connectivity index (χ3v) is 3.20. The fourth-order valence-electron chi connectivity index (χ4n) is 1.94. The third kappa shape index (κ3) is 19.4. The second kappa shape index (κ2) is 16.9. The van der Waals surface area contributed by atoms with E-state index in [2.05, 4.69) is 19.1 Å². The second-order valence-electron chi connectivity index (χ2n) is 4.68. The quantitative estimate of drug-likeness (QED) is 0.308. The van der Waals surface area contributed by atoms with Gasteiger partial charge >= 0.3 is 29.6 Å². The zero-order valence-corrected chi connectivity index (χ0v) is 11.7. The van der Waals surface area contributed by atoms with E-state index < -0.39 is 0 Å². The molecule has 0 spiro atoms. The van der Waals surface area contributed by atoms with Gasteiger partial charge in [-0.3, -0.25) is 0 Å². The molecule has 0 aliphatic heterocycles. The Morgan fingerprint density at radius 2 is 1.12 bits per heavy atom. The summed E-state index contributed by atoms with van der Waals surface area (Å²) in [5, 5.41) is 9.00. The van der Waals surface area contributed by atoms with E-state index in [1.165, 1.54) is 64.2 Å². The first-order chi connectivity index (χ1) is 7.77. The summed E-state index contributed by atoms with van der Waals surface area (Å²) in [6, 6.07) is 0. The number of hydrogen-bond donors (Lipinski definition) is 1. The van der Waals surface area contributed by atoms with Crippen molar-refractivity contribution in [2.75, 3.05) is 0 Å². The maximum absolute atomic E-state index is 8.83. The van der Waals surface area contributed by atoms with Gasteiger partial charge in [-0.1, -0.05) is 71.1 Å². The Bertz CT molecular complexity index is 162. The van der Waals surface area contributed by atoms with Crippen LogP contribution in [0.5, 0.6) is 0 Å². The molecular weight excluding hydrogens is 239 g/mol. The Morgan fingerprint density at radius 3 is 1.47 bits per heavy atom. The van der Waals surface area contributed by atoms with E-state index in [0.717, 1.165) is 6.42 Å². The van der Waals surface area contributed by atoms with Gasteiger partial charge in [0.1, 0.15) is 0 Å². The van der Waals surface area contributed by atoms with Crippen LogP contribution >= 0.6 is 12.2 Å². The molecule has 0 heterocycles. The van der Waals surface area contributed by atoms with E-state index in [1.54, 1.807) is 0 Å². The summed E-state index contributed by atoms with van der Waals surface area (Å²) in [6.07, 6.45) is 15.4. The van der Waals surface area contributed by atoms with Crippen molar-refractivity contribution < 1.29 is 5.11 Å². The molecule has 1 N–H and O–H groups in total. The minimum absolute atomic E-state index is 0. The van der Waals surface area contributed by atoms with Crippen LogP contribution in [0.1, 0.15) is 84.0 Å².